The Kier molecular flexibility index (Phi) is 4.36. The van der Waals surface area contributed by atoms with Crippen LogP contribution in [0.3, 0.4) is 0 Å². The monoisotopic (exact) mass is 268 g/mol. The van der Waals surface area contributed by atoms with Crippen molar-refractivity contribution in [2.24, 2.45) is 0 Å². The number of nitrogens with two attached hydrogens (primary N) is 1. The number of ether oxygens (including phenoxy) is 1. The van der Waals surface area contributed by atoms with Crippen LogP contribution in [0.4, 0.5) is 5.69 Å². The molecule has 1 aromatic rings. The van der Waals surface area contributed by atoms with Crippen molar-refractivity contribution in [1.29, 1.82) is 0 Å². The molecule has 4 heteroatoms. The number of likely N-dealkylation sites (N-methyl/N-ethyl adjacent to an activating group) is 1. The normalized spacial score (nSPS) is 24.2. The molecule has 2 rings (SSSR count). The van der Waals surface area contributed by atoms with Gasteiger partial charge >= 0.3 is 0 Å². The molecule has 0 saturated heterocycles. The lowest BCUT2D eigenvalue weighted by atomic mass is 9.91. The summed E-state index contributed by atoms with van der Waals surface area (Å²) in [6.45, 7) is 0. The van der Waals surface area contributed by atoms with E-state index in [9.17, 15) is 0 Å². The predicted molar refractivity (Wildman–Crippen MR) is 76.2 cm³/mol. The van der Waals surface area contributed by atoms with Crippen LogP contribution >= 0.6 is 11.6 Å². The van der Waals surface area contributed by atoms with Gasteiger partial charge in [0.1, 0.15) is 11.9 Å². The number of rotatable bonds is 3. The van der Waals surface area contributed by atoms with Crippen molar-refractivity contribution < 1.29 is 4.74 Å². The molecule has 3 nitrogen and oxygen atoms in total. The van der Waals surface area contributed by atoms with Crippen LogP contribution in [-0.2, 0) is 0 Å². The third-order valence-electron chi connectivity index (χ3n) is 3.58. The fraction of sp³-hybridized carbons (Fsp3) is 0.571. The van der Waals surface area contributed by atoms with Crippen molar-refractivity contribution in [3.05, 3.63) is 23.2 Å². The molecule has 0 aromatic heterocycles. The average molecular weight is 269 g/mol. The first kappa shape index (κ1) is 13.5. The maximum Gasteiger partial charge on any atom is 0.142 e. The van der Waals surface area contributed by atoms with Gasteiger partial charge < -0.3 is 15.4 Å². The second-order valence-corrected chi connectivity index (χ2v) is 5.59. The SMILES string of the molecule is CN(C)C1CCCCC1Oc1ccc(Cl)cc1N. The molecule has 1 fully saturated rings. The lowest BCUT2D eigenvalue weighted by Gasteiger charge is -2.36. The standard InChI is InChI=1S/C14H21ClN2O/c1-17(2)12-5-3-4-6-14(12)18-13-8-7-10(15)9-11(13)16/h7-9,12,14H,3-6,16H2,1-2H3. The van der Waals surface area contributed by atoms with Crippen molar-refractivity contribution in [2.45, 2.75) is 37.8 Å². The second kappa shape index (κ2) is 5.81. The third-order valence-corrected chi connectivity index (χ3v) is 3.82. The largest absolute Gasteiger partial charge is 0.487 e. The Labute approximate surface area is 114 Å². The van der Waals surface area contributed by atoms with Gasteiger partial charge in [0.2, 0.25) is 0 Å². The van der Waals surface area contributed by atoms with Gasteiger partial charge in [-0.15, -0.1) is 0 Å². The summed E-state index contributed by atoms with van der Waals surface area (Å²) in [7, 11) is 4.22. The number of benzene rings is 1. The van der Waals surface area contributed by atoms with Gasteiger partial charge in [-0.05, 0) is 51.6 Å². The molecule has 1 saturated carbocycles. The van der Waals surface area contributed by atoms with Crippen molar-refractivity contribution in [1.82, 2.24) is 4.90 Å². The number of hydrogen-bond donors (Lipinski definition) is 1. The van der Waals surface area contributed by atoms with E-state index < -0.39 is 0 Å². The Balaban J connectivity index is 2.11. The maximum atomic E-state index is 6.09. The first-order chi connectivity index (χ1) is 8.58. The first-order valence-corrected chi connectivity index (χ1v) is 6.84. The van der Waals surface area contributed by atoms with Crippen molar-refractivity contribution in [2.75, 3.05) is 19.8 Å². The van der Waals surface area contributed by atoms with Crippen LogP contribution in [0.15, 0.2) is 18.2 Å². The van der Waals surface area contributed by atoms with E-state index in [1.54, 1.807) is 6.07 Å². The summed E-state index contributed by atoms with van der Waals surface area (Å²) in [4.78, 5) is 2.25. The predicted octanol–water partition coefficient (Wildman–Crippen LogP) is 3.17. The minimum atomic E-state index is 0.220. The first-order valence-electron chi connectivity index (χ1n) is 6.46. The zero-order chi connectivity index (χ0) is 13.1. The molecule has 0 heterocycles. The van der Waals surface area contributed by atoms with Gasteiger partial charge in [0.15, 0.2) is 0 Å². The smallest absolute Gasteiger partial charge is 0.142 e. The summed E-state index contributed by atoms with van der Waals surface area (Å²) in [5, 5.41) is 0.646. The van der Waals surface area contributed by atoms with Crippen LogP contribution < -0.4 is 10.5 Å². The Morgan fingerprint density at radius 2 is 2.00 bits per heavy atom. The van der Waals surface area contributed by atoms with Crippen LogP contribution in [0.2, 0.25) is 5.02 Å². The average Bonchev–Trinajstić information content (AvgIpc) is 2.33. The molecule has 0 radical (unpaired) electrons. The van der Waals surface area contributed by atoms with Gasteiger partial charge in [0.05, 0.1) is 5.69 Å². The van der Waals surface area contributed by atoms with Gasteiger partial charge in [-0.2, -0.15) is 0 Å². The molecule has 100 valence electrons. The van der Waals surface area contributed by atoms with Crippen LogP contribution in [-0.4, -0.2) is 31.1 Å². The topological polar surface area (TPSA) is 38.5 Å². The summed E-state index contributed by atoms with van der Waals surface area (Å²) in [6, 6.07) is 5.89. The van der Waals surface area contributed by atoms with E-state index in [4.69, 9.17) is 22.1 Å². The number of halogens is 1. The molecule has 0 aliphatic heterocycles. The lowest BCUT2D eigenvalue weighted by molar-refractivity contribution is 0.0628. The van der Waals surface area contributed by atoms with E-state index in [2.05, 4.69) is 19.0 Å². The van der Waals surface area contributed by atoms with Gasteiger partial charge in [0, 0.05) is 11.1 Å². The number of nitrogens with zero attached hydrogens (tertiary/aromatic N) is 1. The van der Waals surface area contributed by atoms with Gasteiger partial charge in [-0.3, -0.25) is 0 Å². The summed E-state index contributed by atoms with van der Waals surface area (Å²) in [5.41, 5.74) is 6.55. The summed E-state index contributed by atoms with van der Waals surface area (Å²) < 4.78 is 6.09. The van der Waals surface area contributed by atoms with E-state index in [1.165, 1.54) is 19.3 Å². The fourth-order valence-electron chi connectivity index (χ4n) is 2.60. The Morgan fingerprint density at radius 1 is 1.28 bits per heavy atom. The summed E-state index contributed by atoms with van der Waals surface area (Å²) in [5.74, 6) is 0.748. The molecule has 1 aromatic carbocycles. The molecule has 18 heavy (non-hydrogen) atoms. The minimum Gasteiger partial charge on any atom is -0.487 e. The summed E-state index contributed by atoms with van der Waals surface area (Å²) in [6.07, 6.45) is 4.99. The van der Waals surface area contributed by atoms with Crippen molar-refractivity contribution >= 4 is 17.3 Å². The van der Waals surface area contributed by atoms with Crippen molar-refractivity contribution in [3.8, 4) is 5.75 Å². The van der Waals surface area contributed by atoms with E-state index in [1.807, 2.05) is 12.1 Å². The minimum absolute atomic E-state index is 0.220. The van der Waals surface area contributed by atoms with Gasteiger partial charge in [0.25, 0.3) is 0 Å². The lowest BCUT2D eigenvalue weighted by Crippen LogP contribution is -2.44. The van der Waals surface area contributed by atoms with Crippen LogP contribution in [0, 0.1) is 0 Å². The molecule has 0 spiro atoms. The molecule has 2 unspecified atom stereocenters. The zero-order valence-electron chi connectivity index (χ0n) is 11.0. The van der Waals surface area contributed by atoms with E-state index in [0.29, 0.717) is 16.8 Å². The molecule has 1 aliphatic carbocycles. The van der Waals surface area contributed by atoms with E-state index in [0.717, 1.165) is 12.2 Å². The highest BCUT2D eigenvalue weighted by Crippen LogP contribution is 2.30. The Bertz CT molecular complexity index is 409. The van der Waals surface area contributed by atoms with Crippen molar-refractivity contribution in [3.63, 3.8) is 0 Å². The second-order valence-electron chi connectivity index (χ2n) is 5.15. The molecule has 0 amide bonds. The van der Waals surface area contributed by atoms with Crippen LogP contribution in [0.1, 0.15) is 25.7 Å². The van der Waals surface area contributed by atoms with E-state index >= 15 is 0 Å². The number of anilines is 1. The van der Waals surface area contributed by atoms with E-state index in [-0.39, 0.29) is 6.10 Å². The van der Waals surface area contributed by atoms with Gasteiger partial charge in [-0.1, -0.05) is 18.0 Å². The highest BCUT2D eigenvalue weighted by molar-refractivity contribution is 6.30. The highest BCUT2D eigenvalue weighted by Gasteiger charge is 2.28. The van der Waals surface area contributed by atoms with Crippen LogP contribution in [0.25, 0.3) is 0 Å². The molecular formula is C14H21ClN2O. The Hall–Kier alpha value is -0.930. The molecule has 2 atom stereocenters. The molecule has 2 N–H and O–H groups in total. The van der Waals surface area contributed by atoms with Crippen LogP contribution in [0.5, 0.6) is 5.75 Å². The Morgan fingerprint density at radius 3 is 2.67 bits per heavy atom. The molecule has 0 bridgehead atoms. The number of hydrogen-bond acceptors (Lipinski definition) is 3. The fourth-order valence-corrected chi connectivity index (χ4v) is 2.78. The zero-order valence-corrected chi connectivity index (χ0v) is 11.8. The van der Waals surface area contributed by atoms with Gasteiger partial charge in [-0.25, -0.2) is 0 Å². The summed E-state index contributed by atoms with van der Waals surface area (Å²) >= 11 is 5.90. The molecular weight excluding hydrogens is 248 g/mol. The maximum absolute atomic E-state index is 6.09. The highest BCUT2D eigenvalue weighted by atomic mass is 35.5. The number of nitrogen functional groups attached to an aromatic ring is 1. The third kappa shape index (κ3) is 3.09. The quantitative estimate of drug-likeness (QED) is 0.856. The molecule has 1 aliphatic rings.